The standard InChI is InChI=1S/C60H52N4O/c1-58(2,3)38-30-33-61-54(34-38)64-51-24-13-11-19-43(51)45-27-26-41(36-53(45)64)65-40-17-14-16-39(35-40)62-37-63-50-23-12-10-20-44(50)47-28-29-49-56(60(6,7)32-31-59(49,4)5)55(47)46-21-9-8-18-42(46)48-22-15-25-52(62)57(48)63/h8-30,33-36H,31-32H2,1-7H3. The minimum atomic E-state index is -0.0114. The molecule has 0 spiro atoms. The van der Waals surface area contributed by atoms with Gasteiger partial charge in [0.15, 0.2) is 0 Å². The van der Waals surface area contributed by atoms with E-state index in [-0.39, 0.29) is 16.2 Å². The molecule has 3 aromatic heterocycles. The van der Waals surface area contributed by atoms with E-state index in [0.29, 0.717) is 0 Å². The van der Waals surface area contributed by atoms with E-state index in [4.69, 9.17) is 9.72 Å². The fourth-order valence-electron chi connectivity index (χ4n) is 10.9. The zero-order valence-electron chi connectivity index (χ0n) is 38.2. The molecule has 5 nitrogen and oxygen atoms in total. The number of fused-ring (bicyclic) bond motifs is 12. The Morgan fingerprint density at radius 1 is 0.585 bits per heavy atom. The maximum Gasteiger partial charge on any atom is 0.269 e. The number of hydrogen-bond acceptors (Lipinski definition) is 2. The SMILES string of the molecule is CC(C)(C)c1ccnc(-n2c3ccccc3c3ccc(Oc4cccc(-n5[c-][n+]6c7c(cccc75)-c5ccccc5-c5c(ccc7c5C(C)(C)CCC7(C)C)-c5ccccc5-6)c4)cc32)c1. The predicted molar refractivity (Wildman–Crippen MR) is 266 cm³/mol. The fourth-order valence-corrected chi connectivity index (χ4v) is 10.9. The van der Waals surface area contributed by atoms with Crippen LogP contribution in [0.2, 0.25) is 0 Å². The van der Waals surface area contributed by atoms with Gasteiger partial charge in [0.1, 0.15) is 17.3 Å². The average Bonchev–Trinajstić information content (AvgIpc) is 3.87. The van der Waals surface area contributed by atoms with Crippen LogP contribution in [0, 0.1) is 6.33 Å². The molecule has 0 saturated heterocycles. The highest BCUT2D eigenvalue weighted by molar-refractivity contribution is 6.09. The van der Waals surface area contributed by atoms with Gasteiger partial charge in [-0.2, -0.15) is 0 Å². The predicted octanol–water partition coefficient (Wildman–Crippen LogP) is 15.0. The number of benzene rings is 7. The van der Waals surface area contributed by atoms with E-state index in [2.05, 4.69) is 220 Å². The summed E-state index contributed by atoms with van der Waals surface area (Å²) < 4.78 is 13.6. The number of hydrogen-bond donors (Lipinski definition) is 0. The second-order valence-electron chi connectivity index (χ2n) is 20.5. The molecule has 12 rings (SSSR count). The van der Waals surface area contributed by atoms with Gasteiger partial charge in [0.25, 0.3) is 6.33 Å². The summed E-state index contributed by atoms with van der Waals surface area (Å²) in [5.74, 6) is 2.39. The van der Waals surface area contributed by atoms with Crippen molar-refractivity contribution in [3.63, 3.8) is 0 Å². The molecule has 0 bridgehead atoms. The molecule has 2 aliphatic rings. The van der Waals surface area contributed by atoms with E-state index in [9.17, 15) is 0 Å². The van der Waals surface area contributed by atoms with E-state index >= 15 is 0 Å². The average molecular weight is 845 g/mol. The van der Waals surface area contributed by atoms with Gasteiger partial charge in [-0.15, -0.1) is 0 Å². The Morgan fingerprint density at radius 2 is 1.28 bits per heavy atom. The summed E-state index contributed by atoms with van der Waals surface area (Å²) in [6.07, 6.45) is 8.12. The highest BCUT2D eigenvalue weighted by Gasteiger charge is 2.40. The minimum absolute atomic E-state index is 0.00923. The first-order valence-corrected chi connectivity index (χ1v) is 23.0. The summed E-state index contributed by atoms with van der Waals surface area (Å²) in [6, 6.07) is 57.1. The highest BCUT2D eigenvalue weighted by Crippen LogP contribution is 2.54. The van der Waals surface area contributed by atoms with Crippen LogP contribution >= 0.6 is 0 Å². The minimum Gasteiger partial charge on any atom is -0.458 e. The number of pyridine rings is 1. The van der Waals surface area contributed by atoms with E-state index in [1.54, 1.807) is 0 Å². The molecule has 0 N–H and O–H groups in total. The Hall–Kier alpha value is -7.24. The molecule has 10 aromatic rings. The lowest BCUT2D eigenvalue weighted by Crippen LogP contribution is -2.34. The van der Waals surface area contributed by atoms with Gasteiger partial charge in [0.2, 0.25) is 0 Å². The number of aromatic nitrogens is 4. The highest BCUT2D eigenvalue weighted by atomic mass is 16.5. The molecule has 65 heavy (non-hydrogen) atoms. The molecule has 1 aliphatic heterocycles. The lowest BCUT2D eigenvalue weighted by Gasteiger charge is -2.44. The summed E-state index contributed by atoms with van der Waals surface area (Å²) in [5, 5.41) is 2.34. The monoisotopic (exact) mass is 844 g/mol. The van der Waals surface area contributed by atoms with E-state index < -0.39 is 0 Å². The number of para-hydroxylation sites is 3. The molecule has 0 atom stereocenters. The molecule has 0 fully saturated rings. The van der Waals surface area contributed by atoms with Crippen LogP contribution < -0.4 is 9.30 Å². The summed E-state index contributed by atoms with van der Waals surface area (Å²) >= 11 is 0. The van der Waals surface area contributed by atoms with Gasteiger partial charge < -0.3 is 4.74 Å². The van der Waals surface area contributed by atoms with Gasteiger partial charge >= 0.3 is 0 Å². The van der Waals surface area contributed by atoms with Gasteiger partial charge in [-0.1, -0.05) is 146 Å². The Balaban J connectivity index is 1.01. The first-order valence-electron chi connectivity index (χ1n) is 23.0. The van der Waals surface area contributed by atoms with Crippen LogP contribution in [0.5, 0.6) is 11.5 Å². The maximum atomic E-state index is 6.80. The van der Waals surface area contributed by atoms with Gasteiger partial charge in [-0.25, -0.2) is 4.98 Å². The molecule has 0 unspecified atom stereocenters. The van der Waals surface area contributed by atoms with Crippen molar-refractivity contribution in [3.05, 3.63) is 187 Å². The van der Waals surface area contributed by atoms with Crippen molar-refractivity contribution in [2.75, 3.05) is 0 Å². The topological polar surface area (TPSA) is 35.9 Å². The molecule has 0 saturated carbocycles. The molecule has 0 radical (unpaired) electrons. The second kappa shape index (κ2) is 14.1. The van der Waals surface area contributed by atoms with Crippen molar-refractivity contribution in [1.29, 1.82) is 0 Å². The second-order valence-corrected chi connectivity index (χ2v) is 20.5. The molecule has 4 heterocycles. The molecule has 318 valence electrons. The summed E-state index contributed by atoms with van der Waals surface area (Å²) in [5.41, 5.74) is 18.2. The van der Waals surface area contributed by atoms with Crippen molar-refractivity contribution in [2.45, 2.75) is 77.6 Å². The number of nitrogens with zero attached hydrogens (tertiary/aromatic N) is 4. The third-order valence-corrected chi connectivity index (χ3v) is 14.4. The smallest absolute Gasteiger partial charge is 0.269 e. The van der Waals surface area contributed by atoms with Crippen molar-refractivity contribution in [3.8, 4) is 62.1 Å². The van der Waals surface area contributed by atoms with Gasteiger partial charge in [0.05, 0.1) is 33.4 Å². The normalized spacial score (nSPS) is 14.8. The van der Waals surface area contributed by atoms with E-state index in [1.165, 1.54) is 61.9 Å². The quantitative estimate of drug-likeness (QED) is 0.131. The maximum absolute atomic E-state index is 6.80. The Bertz CT molecular complexity index is 3570. The fraction of sp³-hybridized carbons (Fsp3) is 0.200. The van der Waals surface area contributed by atoms with Crippen LogP contribution in [0.3, 0.4) is 0 Å². The Kier molecular flexibility index (Phi) is 8.56. The number of ether oxygens (including phenoxy) is 1. The molecular weight excluding hydrogens is 793 g/mol. The molecular formula is C60H52N4O. The Morgan fingerprint density at radius 3 is 2.12 bits per heavy atom. The van der Waals surface area contributed by atoms with Crippen molar-refractivity contribution < 1.29 is 9.30 Å². The van der Waals surface area contributed by atoms with Crippen LogP contribution in [0.15, 0.2) is 164 Å². The van der Waals surface area contributed by atoms with Crippen molar-refractivity contribution in [1.82, 2.24) is 14.1 Å². The summed E-state index contributed by atoms with van der Waals surface area (Å²) in [6.45, 7) is 16.5. The number of imidazole rings is 1. The van der Waals surface area contributed by atoms with Gasteiger partial charge in [0, 0.05) is 23.0 Å². The third kappa shape index (κ3) is 6.12. The van der Waals surface area contributed by atoms with Crippen LogP contribution in [0.1, 0.15) is 78.0 Å². The third-order valence-electron chi connectivity index (χ3n) is 14.4. The molecule has 7 aromatic carbocycles. The largest absolute Gasteiger partial charge is 0.458 e. The van der Waals surface area contributed by atoms with Crippen LogP contribution in [-0.4, -0.2) is 14.1 Å². The first kappa shape index (κ1) is 39.4. The van der Waals surface area contributed by atoms with E-state index in [1.807, 2.05) is 12.3 Å². The zero-order chi connectivity index (χ0) is 44.4. The van der Waals surface area contributed by atoms with Crippen LogP contribution in [0.4, 0.5) is 0 Å². The summed E-state index contributed by atoms with van der Waals surface area (Å²) in [7, 11) is 0. The Labute approximate surface area is 381 Å². The van der Waals surface area contributed by atoms with Gasteiger partial charge in [-0.05, 0) is 134 Å². The lowest BCUT2D eigenvalue weighted by atomic mass is 9.60. The molecule has 0 amide bonds. The summed E-state index contributed by atoms with van der Waals surface area (Å²) in [4.78, 5) is 4.90. The van der Waals surface area contributed by atoms with Crippen molar-refractivity contribution >= 4 is 32.8 Å². The van der Waals surface area contributed by atoms with Crippen LogP contribution in [-0.2, 0) is 16.2 Å². The van der Waals surface area contributed by atoms with Crippen LogP contribution in [0.25, 0.3) is 83.4 Å². The van der Waals surface area contributed by atoms with Gasteiger partial charge in [-0.3, -0.25) is 13.7 Å². The molecule has 5 heteroatoms. The van der Waals surface area contributed by atoms with Crippen molar-refractivity contribution in [2.24, 2.45) is 0 Å². The lowest BCUT2D eigenvalue weighted by molar-refractivity contribution is -0.571. The van der Waals surface area contributed by atoms with E-state index in [0.717, 1.165) is 62.6 Å². The zero-order valence-corrected chi connectivity index (χ0v) is 38.2. The molecule has 1 aliphatic carbocycles. The number of rotatable bonds is 4. The first-order chi connectivity index (χ1) is 31.4.